The average molecular weight is 225 g/mol. The van der Waals surface area contributed by atoms with Gasteiger partial charge in [0.15, 0.2) is 11.6 Å². The molecule has 0 saturated carbocycles. The Hall–Kier alpha value is -1.62. The molecule has 0 amide bonds. The summed E-state index contributed by atoms with van der Waals surface area (Å²) in [5.74, 6) is -0.260. The molecule has 1 N–H and O–H groups in total. The molecule has 88 valence electrons. The van der Waals surface area contributed by atoms with E-state index in [0.29, 0.717) is 0 Å². The lowest BCUT2D eigenvalue weighted by atomic mass is 10.0. The van der Waals surface area contributed by atoms with Crippen LogP contribution < -0.4 is 0 Å². The summed E-state index contributed by atoms with van der Waals surface area (Å²) < 4.78 is 9.80. The number of ether oxygens (including phenoxy) is 1. The molecule has 0 bridgehead atoms. The van der Waals surface area contributed by atoms with Gasteiger partial charge in [-0.25, -0.2) is 9.78 Å². The van der Waals surface area contributed by atoms with E-state index >= 15 is 0 Å². The van der Waals surface area contributed by atoms with E-state index < -0.39 is 11.6 Å². The highest BCUT2D eigenvalue weighted by Crippen LogP contribution is 2.14. The number of aromatic nitrogens is 1. The zero-order valence-corrected chi connectivity index (χ0v) is 9.40. The summed E-state index contributed by atoms with van der Waals surface area (Å²) in [5, 5.41) is 9.69. The quantitative estimate of drug-likeness (QED) is 0.604. The van der Waals surface area contributed by atoms with Crippen molar-refractivity contribution in [2.75, 3.05) is 6.61 Å². The second-order valence-electron chi connectivity index (χ2n) is 3.59. The van der Waals surface area contributed by atoms with Crippen LogP contribution >= 0.6 is 0 Å². The van der Waals surface area contributed by atoms with Crippen molar-refractivity contribution < 1.29 is 19.1 Å². The fraction of sp³-hybridized carbons (Fsp3) is 0.455. The summed E-state index contributed by atoms with van der Waals surface area (Å²) in [6, 6.07) is 0. The monoisotopic (exact) mass is 225 g/mol. The Morgan fingerprint density at radius 3 is 3.06 bits per heavy atom. The molecule has 16 heavy (non-hydrogen) atoms. The molecular weight excluding hydrogens is 210 g/mol. The van der Waals surface area contributed by atoms with Crippen LogP contribution in [0.3, 0.4) is 0 Å². The lowest BCUT2D eigenvalue weighted by Gasteiger charge is -2.15. The van der Waals surface area contributed by atoms with Gasteiger partial charge in [0.05, 0.1) is 18.6 Å². The molecular formula is C11H15NO4. The van der Waals surface area contributed by atoms with Gasteiger partial charge in [0.25, 0.3) is 0 Å². The molecule has 0 aliphatic rings. The van der Waals surface area contributed by atoms with Crippen LogP contribution in [-0.4, -0.2) is 28.3 Å². The minimum Gasteiger partial charge on any atom is -0.461 e. The number of carbonyl (C=O) groups is 1. The molecule has 1 unspecified atom stereocenters. The van der Waals surface area contributed by atoms with Crippen molar-refractivity contribution in [3.05, 3.63) is 30.5 Å². The van der Waals surface area contributed by atoms with Gasteiger partial charge in [0, 0.05) is 0 Å². The first kappa shape index (κ1) is 12.4. The van der Waals surface area contributed by atoms with E-state index in [2.05, 4.69) is 11.6 Å². The summed E-state index contributed by atoms with van der Waals surface area (Å²) in [7, 11) is 0. The molecule has 0 fully saturated rings. The highest BCUT2D eigenvalue weighted by Gasteiger charge is 2.21. The van der Waals surface area contributed by atoms with Gasteiger partial charge in [-0.05, 0) is 13.8 Å². The first-order chi connectivity index (χ1) is 7.48. The Morgan fingerprint density at radius 1 is 1.81 bits per heavy atom. The maximum Gasteiger partial charge on any atom is 0.360 e. The number of aliphatic hydroxyl groups is 1. The first-order valence-electron chi connectivity index (χ1n) is 4.96. The molecule has 0 aliphatic carbocycles. The fourth-order valence-corrected chi connectivity index (χ4v) is 1.07. The first-order valence-corrected chi connectivity index (χ1v) is 4.96. The molecule has 0 aromatic carbocycles. The van der Waals surface area contributed by atoms with Crippen molar-refractivity contribution in [2.24, 2.45) is 0 Å². The second kappa shape index (κ2) is 4.94. The molecule has 0 saturated heterocycles. The third-order valence-corrected chi connectivity index (χ3v) is 1.99. The van der Waals surface area contributed by atoms with E-state index in [-0.39, 0.29) is 24.6 Å². The Balaban J connectivity index is 2.72. The van der Waals surface area contributed by atoms with E-state index in [1.54, 1.807) is 13.8 Å². The van der Waals surface area contributed by atoms with Gasteiger partial charge in [-0.2, -0.15) is 0 Å². The number of nitrogens with zero attached hydrogens (tertiary/aromatic N) is 1. The minimum absolute atomic E-state index is 0.108. The van der Waals surface area contributed by atoms with Crippen LogP contribution in [0, 0.1) is 0 Å². The number of hydrogen-bond acceptors (Lipinski definition) is 5. The maximum atomic E-state index is 11.3. The zero-order chi connectivity index (χ0) is 12.2. The van der Waals surface area contributed by atoms with Crippen molar-refractivity contribution in [2.45, 2.75) is 25.9 Å². The smallest absolute Gasteiger partial charge is 0.360 e. The largest absolute Gasteiger partial charge is 0.461 e. The molecule has 1 aromatic rings. The standard InChI is InChI=1S/C11H15NO4/c1-4-11(3,14)6-9-12-8(7-16-9)10(13)15-5-2/h4,7,14H,1,5-6H2,2-3H3. The third-order valence-electron chi connectivity index (χ3n) is 1.99. The van der Waals surface area contributed by atoms with Crippen molar-refractivity contribution in [1.82, 2.24) is 4.98 Å². The highest BCUT2D eigenvalue weighted by molar-refractivity contribution is 5.86. The second-order valence-corrected chi connectivity index (χ2v) is 3.59. The van der Waals surface area contributed by atoms with Gasteiger partial charge in [-0.3, -0.25) is 0 Å². The Morgan fingerprint density at radius 2 is 2.50 bits per heavy atom. The molecule has 5 nitrogen and oxygen atoms in total. The normalized spacial score (nSPS) is 14.2. The van der Waals surface area contributed by atoms with E-state index in [4.69, 9.17) is 9.15 Å². The Kier molecular flexibility index (Phi) is 3.84. The lowest BCUT2D eigenvalue weighted by molar-refractivity contribution is 0.0519. The van der Waals surface area contributed by atoms with Gasteiger partial charge < -0.3 is 14.3 Å². The van der Waals surface area contributed by atoms with E-state index in [0.717, 1.165) is 0 Å². The fourth-order valence-electron chi connectivity index (χ4n) is 1.07. The summed E-state index contributed by atoms with van der Waals surface area (Å²) in [6.45, 7) is 7.06. The summed E-state index contributed by atoms with van der Waals surface area (Å²) >= 11 is 0. The number of rotatable bonds is 5. The van der Waals surface area contributed by atoms with Crippen LogP contribution in [-0.2, 0) is 11.2 Å². The molecule has 0 radical (unpaired) electrons. The highest BCUT2D eigenvalue weighted by atomic mass is 16.5. The third kappa shape index (κ3) is 3.20. The number of carbonyl (C=O) groups excluding carboxylic acids is 1. The van der Waals surface area contributed by atoms with Crippen molar-refractivity contribution >= 4 is 5.97 Å². The molecule has 0 aliphatic heterocycles. The topological polar surface area (TPSA) is 72.6 Å². The molecule has 1 aromatic heterocycles. The lowest BCUT2D eigenvalue weighted by Crippen LogP contribution is -2.23. The predicted molar refractivity (Wildman–Crippen MR) is 57.0 cm³/mol. The number of hydrogen-bond donors (Lipinski definition) is 1. The summed E-state index contributed by atoms with van der Waals surface area (Å²) in [6.07, 6.45) is 2.77. The molecule has 1 atom stereocenters. The SMILES string of the molecule is C=CC(C)(O)Cc1nc(C(=O)OCC)co1. The van der Waals surface area contributed by atoms with Crippen LogP contribution in [0.2, 0.25) is 0 Å². The van der Waals surface area contributed by atoms with Gasteiger partial charge in [-0.15, -0.1) is 6.58 Å². The molecule has 1 rings (SSSR count). The summed E-state index contributed by atoms with van der Waals surface area (Å²) in [4.78, 5) is 15.2. The van der Waals surface area contributed by atoms with E-state index in [1.807, 2.05) is 0 Å². The van der Waals surface area contributed by atoms with Crippen LogP contribution in [0.4, 0.5) is 0 Å². The number of oxazole rings is 1. The van der Waals surface area contributed by atoms with Crippen molar-refractivity contribution in [1.29, 1.82) is 0 Å². The molecule has 1 heterocycles. The van der Waals surface area contributed by atoms with Gasteiger partial charge in [0.2, 0.25) is 0 Å². The van der Waals surface area contributed by atoms with Crippen LogP contribution in [0.5, 0.6) is 0 Å². The van der Waals surface area contributed by atoms with E-state index in [9.17, 15) is 9.90 Å². The maximum absolute atomic E-state index is 11.3. The summed E-state index contributed by atoms with van der Waals surface area (Å²) in [5.41, 5.74) is -0.992. The molecule has 5 heteroatoms. The molecule has 0 spiro atoms. The Bertz CT molecular complexity index is 381. The van der Waals surface area contributed by atoms with Crippen LogP contribution in [0.25, 0.3) is 0 Å². The van der Waals surface area contributed by atoms with Crippen molar-refractivity contribution in [3.8, 4) is 0 Å². The van der Waals surface area contributed by atoms with Gasteiger partial charge in [-0.1, -0.05) is 6.08 Å². The minimum atomic E-state index is -1.10. The van der Waals surface area contributed by atoms with Crippen LogP contribution in [0.15, 0.2) is 23.3 Å². The van der Waals surface area contributed by atoms with Crippen LogP contribution in [0.1, 0.15) is 30.2 Å². The van der Waals surface area contributed by atoms with Gasteiger partial charge >= 0.3 is 5.97 Å². The average Bonchev–Trinajstić information content (AvgIpc) is 2.66. The van der Waals surface area contributed by atoms with Crippen molar-refractivity contribution in [3.63, 3.8) is 0 Å². The Labute approximate surface area is 93.7 Å². The van der Waals surface area contributed by atoms with Gasteiger partial charge in [0.1, 0.15) is 6.26 Å². The number of esters is 1. The zero-order valence-electron chi connectivity index (χ0n) is 9.40. The predicted octanol–water partition coefficient (Wildman–Crippen LogP) is 1.33. The van der Waals surface area contributed by atoms with E-state index in [1.165, 1.54) is 12.3 Å².